The van der Waals surface area contributed by atoms with Crippen molar-refractivity contribution in [3.63, 3.8) is 0 Å². The van der Waals surface area contributed by atoms with E-state index in [9.17, 15) is 49.2 Å². The van der Waals surface area contributed by atoms with E-state index in [4.69, 9.17) is 4.74 Å². The van der Waals surface area contributed by atoms with Crippen LogP contribution in [0.1, 0.15) is 106 Å². The van der Waals surface area contributed by atoms with E-state index in [1.165, 1.54) is 36.4 Å². The zero-order valence-corrected chi connectivity index (χ0v) is 30.7. The molecule has 2 aliphatic carbocycles. The standard InChI is InChI=1S/C20H28N4O5.C20H16O6/c1-12(22-18(26)14-5-8-21-9-6-14)20(28)24-10-3-4-16(24)19(27)23-15-7-11-29-13(2)17(15)25;1-8(21)9-6-12-14(13(22)7-9)20(26)16-15(19(12)25)17(23)10-4-2-3-5-11(10)18(16)24/h5-6,8-9,12-13,15-17,25H,3-4,7,10-11H2,1-2H3,(H,22,26)(H,23,27);2-5,9,13,22,25-26H,6-7H2,1H3/t12-,13+,15+,16+,17-;9?,13-/m10/s1. The molecule has 2 aliphatic heterocycles. The van der Waals surface area contributed by atoms with Gasteiger partial charge in [-0.1, -0.05) is 24.3 Å². The van der Waals surface area contributed by atoms with Crippen molar-refractivity contribution in [3.8, 4) is 11.5 Å². The molecule has 0 spiro atoms. The molecule has 290 valence electrons. The first-order valence-electron chi connectivity index (χ1n) is 18.3. The SMILES string of the molecule is CC(=O)C1Cc2c(O)c3c(c(O)c2[C@@H](O)C1)C(=O)c1ccccc1C3=O.C[C@@H]1OCC[C@H](NC(=O)[C@@H]2CCCN2C(=O)[C@@H](C)NC(=O)c2ccncc2)[C@@H]1O. The molecule has 1 aromatic heterocycles. The minimum absolute atomic E-state index is 0.0271. The number of carbonyl (C=O) groups is 6. The molecule has 2 aromatic carbocycles. The van der Waals surface area contributed by atoms with Crippen LogP contribution in [-0.4, -0.2) is 109 Å². The predicted octanol–water partition coefficient (Wildman–Crippen LogP) is 1.90. The Kier molecular flexibility index (Phi) is 11.5. The van der Waals surface area contributed by atoms with Crippen molar-refractivity contribution in [3.05, 3.63) is 87.7 Å². The van der Waals surface area contributed by atoms with E-state index in [2.05, 4.69) is 15.6 Å². The van der Waals surface area contributed by atoms with Gasteiger partial charge in [-0.05, 0) is 65.0 Å². The summed E-state index contributed by atoms with van der Waals surface area (Å²) in [5.74, 6) is -3.69. The van der Waals surface area contributed by atoms with E-state index in [1.54, 1.807) is 38.1 Å². The molecule has 3 aromatic rings. The van der Waals surface area contributed by atoms with Gasteiger partial charge in [-0.2, -0.15) is 0 Å². The number of aliphatic hydroxyl groups excluding tert-OH is 2. The van der Waals surface area contributed by atoms with Crippen LogP contribution >= 0.6 is 0 Å². The number of likely N-dealkylation sites (tertiary alicyclic amines) is 1. The monoisotopic (exact) mass is 756 g/mol. The lowest BCUT2D eigenvalue weighted by Gasteiger charge is -2.35. The Morgan fingerprint density at radius 1 is 0.945 bits per heavy atom. The molecule has 2 fully saturated rings. The number of phenols is 2. The highest BCUT2D eigenvalue weighted by atomic mass is 16.5. The van der Waals surface area contributed by atoms with Crippen LogP contribution in [0.2, 0.25) is 0 Å². The predicted molar refractivity (Wildman–Crippen MR) is 194 cm³/mol. The molecule has 2 saturated heterocycles. The number of aliphatic hydroxyl groups is 2. The van der Waals surface area contributed by atoms with Crippen molar-refractivity contribution >= 4 is 35.1 Å². The highest BCUT2D eigenvalue weighted by Crippen LogP contribution is 2.49. The average molecular weight is 757 g/mol. The quantitative estimate of drug-likeness (QED) is 0.155. The van der Waals surface area contributed by atoms with E-state index in [0.717, 1.165) is 0 Å². The number of carbonyl (C=O) groups excluding carboxylic acids is 6. The van der Waals surface area contributed by atoms with Crippen molar-refractivity contribution in [2.75, 3.05) is 13.2 Å². The van der Waals surface area contributed by atoms with Gasteiger partial charge in [0.1, 0.15) is 35.5 Å². The minimum Gasteiger partial charge on any atom is -0.507 e. The Morgan fingerprint density at radius 2 is 1.58 bits per heavy atom. The fourth-order valence-corrected chi connectivity index (χ4v) is 7.79. The van der Waals surface area contributed by atoms with Crippen molar-refractivity contribution in [2.45, 2.75) is 89.3 Å². The number of aromatic nitrogens is 1. The van der Waals surface area contributed by atoms with Gasteiger partial charge in [0, 0.05) is 59.3 Å². The molecule has 3 heterocycles. The lowest BCUT2D eigenvalue weighted by atomic mass is 9.74. The third kappa shape index (κ3) is 7.59. The Labute approximate surface area is 316 Å². The average Bonchev–Trinajstić information content (AvgIpc) is 3.67. The number of fused-ring (bicyclic) bond motifs is 3. The van der Waals surface area contributed by atoms with Crippen molar-refractivity contribution in [2.24, 2.45) is 5.92 Å². The van der Waals surface area contributed by atoms with E-state index in [1.807, 2.05) is 0 Å². The number of ketones is 3. The molecule has 0 radical (unpaired) electrons. The molecule has 4 aliphatic rings. The topological polar surface area (TPSA) is 233 Å². The van der Waals surface area contributed by atoms with Crippen LogP contribution in [0.15, 0.2) is 48.8 Å². The Hall–Kier alpha value is -5.51. The van der Waals surface area contributed by atoms with Gasteiger partial charge in [0.2, 0.25) is 11.8 Å². The minimum atomic E-state index is -1.20. The Balaban J connectivity index is 0.000000188. The normalized spacial score (nSPS) is 24.6. The molecule has 0 bridgehead atoms. The molecule has 0 saturated carbocycles. The summed E-state index contributed by atoms with van der Waals surface area (Å²) < 4.78 is 5.38. The van der Waals surface area contributed by atoms with Gasteiger partial charge in [0.15, 0.2) is 11.6 Å². The summed E-state index contributed by atoms with van der Waals surface area (Å²) in [7, 11) is 0. The van der Waals surface area contributed by atoms with E-state index < -0.39 is 59.3 Å². The number of ether oxygens (including phenoxy) is 1. The number of pyridine rings is 1. The third-order valence-corrected chi connectivity index (χ3v) is 10.9. The highest BCUT2D eigenvalue weighted by molar-refractivity contribution is 6.30. The number of aromatic hydroxyl groups is 2. The summed E-state index contributed by atoms with van der Waals surface area (Å²) in [6.07, 6.45) is 2.65. The summed E-state index contributed by atoms with van der Waals surface area (Å²) in [4.78, 5) is 80.8. The number of nitrogens with zero attached hydrogens (tertiary/aromatic N) is 2. The van der Waals surface area contributed by atoms with Crippen molar-refractivity contribution < 1.29 is 53.9 Å². The van der Waals surface area contributed by atoms with Gasteiger partial charge in [0.25, 0.3) is 5.91 Å². The molecule has 15 heteroatoms. The first-order valence-corrected chi connectivity index (χ1v) is 18.3. The van der Waals surface area contributed by atoms with Crippen LogP contribution in [0.4, 0.5) is 0 Å². The van der Waals surface area contributed by atoms with Gasteiger partial charge in [-0.25, -0.2) is 0 Å². The summed E-state index contributed by atoms with van der Waals surface area (Å²) in [6, 6.07) is 7.56. The van der Waals surface area contributed by atoms with Gasteiger partial charge in [-0.15, -0.1) is 0 Å². The molecule has 55 heavy (non-hydrogen) atoms. The summed E-state index contributed by atoms with van der Waals surface area (Å²) >= 11 is 0. The second kappa shape index (κ2) is 16.1. The molecular formula is C40H44N4O11. The zero-order valence-electron chi connectivity index (χ0n) is 30.7. The second-order valence-electron chi connectivity index (χ2n) is 14.4. The van der Waals surface area contributed by atoms with Crippen LogP contribution in [0, 0.1) is 5.92 Å². The van der Waals surface area contributed by atoms with Crippen LogP contribution in [-0.2, 0) is 25.5 Å². The maximum Gasteiger partial charge on any atom is 0.252 e. The summed E-state index contributed by atoms with van der Waals surface area (Å²) in [6.45, 7) is 5.69. The molecule has 1 unspecified atom stereocenters. The zero-order chi connectivity index (χ0) is 39.7. The van der Waals surface area contributed by atoms with Crippen molar-refractivity contribution in [1.29, 1.82) is 0 Å². The first-order chi connectivity index (χ1) is 26.2. The first kappa shape index (κ1) is 39.2. The van der Waals surface area contributed by atoms with Crippen LogP contribution in [0.3, 0.4) is 0 Å². The van der Waals surface area contributed by atoms with E-state index >= 15 is 0 Å². The number of hydrogen-bond donors (Lipinski definition) is 6. The smallest absolute Gasteiger partial charge is 0.252 e. The van der Waals surface area contributed by atoms with Gasteiger partial charge < -0.3 is 40.7 Å². The third-order valence-electron chi connectivity index (χ3n) is 10.9. The number of Topliss-reactive ketones (excluding diaryl/α,β-unsaturated/α-hetero) is 1. The Bertz CT molecular complexity index is 2040. The summed E-state index contributed by atoms with van der Waals surface area (Å²) in [5.41, 5.74) is 0.343. The number of nitrogens with one attached hydrogen (secondary N) is 2. The molecular weight excluding hydrogens is 712 g/mol. The lowest BCUT2D eigenvalue weighted by Crippen LogP contribution is -2.57. The molecule has 6 N–H and O–H groups in total. The molecule has 15 nitrogen and oxygen atoms in total. The van der Waals surface area contributed by atoms with Gasteiger partial charge in [0.05, 0.1) is 29.4 Å². The van der Waals surface area contributed by atoms with E-state index in [-0.39, 0.29) is 75.8 Å². The number of benzene rings is 2. The van der Waals surface area contributed by atoms with Crippen LogP contribution in [0.5, 0.6) is 11.5 Å². The fraction of sp³-hybridized carbons (Fsp3) is 0.425. The second-order valence-corrected chi connectivity index (χ2v) is 14.4. The van der Waals surface area contributed by atoms with Crippen LogP contribution < -0.4 is 10.6 Å². The molecule has 7 atom stereocenters. The van der Waals surface area contributed by atoms with Gasteiger partial charge in [-0.3, -0.25) is 33.8 Å². The summed E-state index contributed by atoms with van der Waals surface area (Å²) in [5, 5.41) is 47.6. The number of hydrogen-bond acceptors (Lipinski definition) is 12. The maximum atomic E-state index is 12.9. The fourth-order valence-electron chi connectivity index (χ4n) is 7.79. The molecule has 7 rings (SSSR count). The number of phenolic OH excluding ortho intramolecular Hbond substituents is 2. The number of rotatable bonds is 6. The van der Waals surface area contributed by atoms with E-state index in [0.29, 0.717) is 38.0 Å². The highest BCUT2D eigenvalue weighted by Gasteiger charge is 2.42. The number of amides is 3. The van der Waals surface area contributed by atoms with Gasteiger partial charge >= 0.3 is 0 Å². The van der Waals surface area contributed by atoms with Crippen molar-refractivity contribution in [1.82, 2.24) is 20.5 Å². The molecule has 3 amide bonds. The largest absolute Gasteiger partial charge is 0.507 e. The Morgan fingerprint density at radius 3 is 2.22 bits per heavy atom. The maximum absolute atomic E-state index is 12.9. The lowest BCUT2D eigenvalue weighted by molar-refractivity contribution is -0.141. The van der Waals surface area contributed by atoms with Crippen LogP contribution in [0.25, 0.3) is 0 Å².